The lowest BCUT2D eigenvalue weighted by atomic mass is 10.1. The molecule has 0 aliphatic rings. The summed E-state index contributed by atoms with van der Waals surface area (Å²) in [5, 5.41) is 0. The molecule has 2 heterocycles. The molecule has 0 unspecified atom stereocenters. The molecule has 98 valence electrons. The van der Waals surface area contributed by atoms with E-state index in [0.717, 1.165) is 34.2 Å². The summed E-state index contributed by atoms with van der Waals surface area (Å²) in [6.07, 6.45) is 3.58. The lowest BCUT2D eigenvalue weighted by molar-refractivity contribution is 1.14. The van der Waals surface area contributed by atoms with E-state index in [1.165, 1.54) is 0 Å². The molecule has 0 aliphatic carbocycles. The Labute approximate surface area is 117 Å². The maximum Gasteiger partial charge on any atom is 0.110 e. The first-order valence-corrected chi connectivity index (χ1v) is 6.36. The van der Waals surface area contributed by atoms with E-state index in [4.69, 9.17) is 0 Å². The number of nitrogens with zero attached hydrogens (tertiary/aromatic N) is 2. The summed E-state index contributed by atoms with van der Waals surface area (Å²) in [7, 11) is 0. The van der Waals surface area contributed by atoms with Crippen LogP contribution in [-0.4, -0.2) is 19.9 Å². The molecule has 3 rings (SSSR count). The smallest absolute Gasteiger partial charge is 0.110 e. The van der Waals surface area contributed by atoms with Gasteiger partial charge in [0, 0.05) is 5.56 Å². The molecule has 2 aromatic heterocycles. The van der Waals surface area contributed by atoms with Crippen molar-refractivity contribution in [2.24, 2.45) is 0 Å². The van der Waals surface area contributed by atoms with Crippen LogP contribution in [0.25, 0.3) is 11.3 Å². The second-order valence-corrected chi connectivity index (χ2v) is 4.59. The van der Waals surface area contributed by atoms with Gasteiger partial charge in [-0.05, 0) is 37.5 Å². The van der Waals surface area contributed by atoms with Gasteiger partial charge in [-0.15, -0.1) is 0 Å². The van der Waals surface area contributed by atoms with E-state index in [9.17, 15) is 0 Å². The van der Waals surface area contributed by atoms with Crippen molar-refractivity contribution in [3.05, 3.63) is 59.6 Å². The number of aromatic nitrogens is 4. The molecule has 4 nitrogen and oxygen atoms in total. The molecule has 0 bridgehead atoms. The molecule has 2 N–H and O–H groups in total. The first-order chi connectivity index (χ1) is 9.70. The van der Waals surface area contributed by atoms with Gasteiger partial charge in [-0.3, -0.25) is 0 Å². The minimum atomic E-state index is 0.829. The minimum Gasteiger partial charge on any atom is -0.342 e. The summed E-state index contributed by atoms with van der Waals surface area (Å²) in [4.78, 5) is 14.6. The van der Waals surface area contributed by atoms with Crippen molar-refractivity contribution < 1.29 is 0 Å². The van der Waals surface area contributed by atoms with Gasteiger partial charge >= 0.3 is 0 Å². The molecule has 3 aromatic rings. The van der Waals surface area contributed by atoms with E-state index in [1.54, 1.807) is 6.20 Å². The highest BCUT2D eigenvalue weighted by molar-refractivity contribution is 5.60. The van der Waals surface area contributed by atoms with Gasteiger partial charge in [0.25, 0.3) is 0 Å². The maximum absolute atomic E-state index is 4.20. The van der Waals surface area contributed by atoms with E-state index in [2.05, 4.69) is 31.8 Å². The second kappa shape index (κ2) is 5.06. The maximum atomic E-state index is 4.20. The van der Waals surface area contributed by atoms with Crippen LogP contribution in [0.5, 0.6) is 0 Å². The first kappa shape index (κ1) is 12.2. The number of rotatable bonds is 1. The third-order valence-corrected chi connectivity index (χ3v) is 2.94. The normalized spacial score (nSPS) is 10.1. The van der Waals surface area contributed by atoms with Crippen molar-refractivity contribution >= 4 is 0 Å². The average Bonchev–Trinajstić information content (AvgIpc) is 3.06. The van der Waals surface area contributed by atoms with Crippen molar-refractivity contribution in [2.45, 2.75) is 13.8 Å². The summed E-state index contributed by atoms with van der Waals surface area (Å²) in [5.74, 6) is 7.96. The van der Waals surface area contributed by atoms with Crippen LogP contribution >= 0.6 is 0 Å². The number of benzene rings is 1. The number of hydrogen-bond acceptors (Lipinski definition) is 2. The number of imidazole rings is 2. The number of hydrogen-bond donors (Lipinski definition) is 2. The summed E-state index contributed by atoms with van der Waals surface area (Å²) in [5.41, 5.74) is 3.92. The summed E-state index contributed by atoms with van der Waals surface area (Å²) in [6.45, 7) is 3.85. The molecular formula is C16H14N4. The van der Waals surface area contributed by atoms with Gasteiger partial charge in [0.05, 0.1) is 18.1 Å². The molecule has 1 aromatic carbocycles. The van der Waals surface area contributed by atoms with Crippen LogP contribution in [-0.2, 0) is 0 Å². The Hall–Kier alpha value is -2.80. The van der Waals surface area contributed by atoms with E-state index in [0.29, 0.717) is 0 Å². The number of aryl methyl sites for hydroxylation is 2. The zero-order chi connectivity index (χ0) is 13.9. The Kier molecular flexibility index (Phi) is 3.10. The largest absolute Gasteiger partial charge is 0.342 e. The van der Waals surface area contributed by atoms with Crippen molar-refractivity contribution in [1.82, 2.24) is 19.9 Å². The van der Waals surface area contributed by atoms with Crippen LogP contribution in [0.1, 0.15) is 22.9 Å². The lowest BCUT2D eigenvalue weighted by Crippen LogP contribution is -1.80. The Morgan fingerprint density at radius 2 is 1.55 bits per heavy atom. The summed E-state index contributed by atoms with van der Waals surface area (Å²) in [6, 6.07) is 8.08. The molecule has 0 aliphatic heterocycles. The van der Waals surface area contributed by atoms with Gasteiger partial charge in [-0.2, -0.15) is 0 Å². The lowest BCUT2D eigenvalue weighted by Gasteiger charge is -1.97. The SMILES string of the molecule is Cc1ncc(C#Cc2ccc(-c3cnc(C)[nH]3)cc2)[nH]1. The van der Waals surface area contributed by atoms with E-state index >= 15 is 0 Å². The molecule has 0 saturated heterocycles. The van der Waals surface area contributed by atoms with E-state index in [-0.39, 0.29) is 0 Å². The van der Waals surface area contributed by atoms with Gasteiger partial charge < -0.3 is 9.97 Å². The predicted octanol–water partition coefficient (Wildman–Crippen LogP) is 2.82. The van der Waals surface area contributed by atoms with E-state index in [1.807, 2.05) is 44.3 Å². The quantitative estimate of drug-likeness (QED) is 0.662. The molecule has 0 radical (unpaired) electrons. The Balaban J connectivity index is 1.81. The van der Waals surface area contributed by atoms with Crippen LogP contribution in [0.4, 0.5) is 0 Å². The van der Waals surface area contributed by atoms with Gasteiger partial charge in [0.1, 0.15) is 17.3 Å². The summed E-state index contributed by atoms with van der Waals surface area (Å²) >= 11 is 0. The van der Waals surface area contributed by atoms with Crippen molar-refractivity contribution in [3.8, 4) is 23.1 Å². The van der Waals surface area contributed by atoms with Crippen LogP contribution in [0.2, 0.25) is 0 Å². The topological polar surface area (TPSA) is 57.4 Å². The Morgan fingerprint density at radius 3 is 2.15 bits per heavy atom. The zero-order valence-corrected chi connectivity index (χ0v) is 11.4. The Morgan fingerprint density at radius 1 is 0.850 bits per heavy atom. The number of aromatic amines is 2. The zero-order valence-electron chi connectivity index (χ0n) is 11.4. The van der Waals surface area contributed by atoms with Crippen molar-refractivity contribution in [2.75, 3.05) is 0 Å². The predicted molar refractivity (Wildman–Crippen MR) is 78.1 cm³/mol. The van der Waals surface area contributed by atoms with E-state index < -0.39 is 0 Å². The average molecular weight is 262 g/mol. The molecule has 0 saturated carbocycles. The molecule has 0 amide bonds. The number of nitrogens with one attached hydrogen (secondary N) is 2. The third-order valence-electron chi connectivity index (χ3n) is 2.94. The third kappa shape index (κ3) is 2.62. The highest BCUT2D eigenvalue weighted by Crippen LogP contribution is 2.17. The molecular weight excluding hydrogens is 248 g/mol. The molecule has 0 spiro atoms. The van der Waals surface area contributed by atoms with Gasteiger partial charge in [0.2, 0.25) is 0 Å². The highest BCUT2D eigenvalue weighted by Gasteiger charge is 2.00. The first-order valence-electron chi connectivity index (χ1n) is 6.36. The van der Waals surface area contributed by atoms with Crippen LogP contribution < -0.4 is 0 Å². The standard InChI is InChI=1S/C16H14N4/c1-11-17-9-15(19-11)8-5-13-3-6-14(7-4-13)16-10-18-12(2)20-16/h3-4,6-7,9-10H,1-2H3,(H,17,19)(H,18,20). The monoisotopic (exact) mass is 262 g/mol. The van der Waals surface area contributed by atoms with Gasteiger partial charge in [-0.1, -0.05) is 18.1 Å². The fraction of sp³-hybridized carbons (Fsp3) is 0.125. The molecule has 4 heteroatoms. The van der Waals surface area contributed by atoms with Crippen LogP contribution in [0.15, 0.2) is 36.7 Å². The van der Waals surface area contributed by atoms with Gasteiger partial charge in [-0.25, -0.2) is 9.97 Å². The molecule has 20 heavy (non-hydrogen) atoms. The van der Waals surface area contributed by atoms with Crippen LogP contribution in [0, 0.1) is 25.7 Å². The second-order valence-electron chi connectivity index (χ2n) is 4.59. The molecule has 0 fully saturated rings. The fourth-order valence-corrected chi connectivity index (χ4v) is 1.92. The van der Waals surface area contributed by atoms with Crippen LogP contribution in [0.3, 0.4) is 0 Å². The molecule has 0 atom stereocenters. The van der Waals surface area contributed by atoms with Gasteiger partial charge in [0.15, 0.2) is 0 Å². The summed E-state index contributed by atoms with van der Waals surface area (Å²) < 4.78 is 0. The highest BCUT2D eigenvalue weighted by atomic mass is 14.9. The number of H-pyrrole nitrogens is 2. The van der Waals surface area contributed by atoms with Crippen molar-refractivity contribution in [1.29, 1.82) is 0 Å². The Bertz CT molecular complexity index is 782. The van der Waals surface area contributed by atoms with Crippen molar-refractivity contribution in [3.63, 3.8) is 0 Å². The fourth-order valence-electron chi connectivity index (χ4n) is 1.92. The minimum absolute atomic E-state index is 0.829.